The minimum absolute atomic E-state index is 0.197. The van der Waals surface area contributed by atoms with E-state index in [1.54, 1.807) is 0 Å². The van der Waals surface area contributed by atoms with E-state index in [2.05, 4.69) is 64.1 Å². The van der Waals surface area contributed by atoms with E-state index < -0.39 is 7.92 Å². The zero-order valence-corrected chi connectivity index (χ0v) is 17.2. The van der Waals surface area contributed by atoms with E-state index in [1.165, 1.54) is 22.8 Å². The van der Waals surface area contributed by atoms with Crippen LogP contribution in [0.5, 0.6) is 5.75 Å². The number of ether oxygens (including phenoxy) is 2. The first-order valence-electron chi connectivity index (χ1n) is 9.30. The molecule has 2 nitrogen and oxygen atoms in total. The SMILES string of the molecule is CC1(C)CC(C)(C)[P@]2c3ccccc3O[C@@H]2C2OC3=CCCC=C3[P@]21. The summed E-state index contributed by atoms with van der Waals surface area (Å²) in [7, 11) is -0.787. The van der Waals surface area contributed by atoms with Crippen LogP contribution in [0.3, 0.4) is 0 Å². The molecule has 0 aromatic heterocycles. The fourth-order valence-corrected chi connectivity index (χ4v) is 13.0. The van der Waals surface area contributed by atoms with Crippen molar-refractivity contribution in [1.82, 2.24) is 0 Å². The van der Waals surface area contributed by atoms with Gasteiger partial charge in [0.2, 0.25) is 0 Å². The van der Waals surface area contributed by atoms with Gasteiger partial charge in [-0.3, -0.25) is 0 Å². The molecule has 1 aromatic rings. The van der Waals surface area contributed by atoms with Gasteiger partial charge in [-0.15, -0.1) is 0 Å². The van der Waals surface area contributed by atoms with Gasteiger partial charge in [0.05, 0.1) is 0 Å². The number of hydrogen-bond acceptors (Lipinski definition) is 2. The monoisotopic (exact) mass is 372 g/mol. The molecule has 1 aromatic carbocycles. The second-order valence-corrected chi connectivity index (χ2v) is 14.6. The van der Waals surface area contributed by atoms with Crippen LogP contribution in [0.15, 0.2) is 47.5 Å². The van der Waals surface area contributed by atoms with Crippen LogP contribution in [-0.2, 0) is 4.74 Å². The summed E-state index contributed by atoms with van der Waals surface area (Å²) in [5.74, 6) is 2.68. The smallest absolute Gasteiger partial charge is 0.162 e. The highest BCUT2D eigenvalue weighted by atomic mass is 31.1. The van der Waals surface area contributed by atoms with Crippen LogP contribution >= 0.6 is 15.8 Å². The fraction of sp³-hybridized carbons (Fsp3) is 0.524. The number of benzene rings is 1. The maximum absolute atomic E-state index is 6.64. The number of para-hydroxylation sites is 1. The summed E-state index contributed by atoms with van der Waals surface area (Å²) in [5.41, 5.74) is 0. The third-order valence-corrected chi connectivity index (χ3v) is 12.6. The molecule has 2 fully saturated rings. The van der Waals surface area contributed by atoms with E-state index in [1.807, 2.05) is 0 Å². The van der Waals surface area contributed by atoms with Gasteiger partial charge in [0.25, 0.3) is 0 Å². The number of allylic oxidation sites excluding steroid dienone is 3. The van der Waals surface area contributed by atoms with Gasteiger partial charge in [0.15, 0.2) is 11.7 Å². The summed E-state index contributed by atoms with van der Waals surface area (Å²) in [6.07, 6.45) is 8.29. The van der Waals surface area contributed by atoms with Crippen molar-refractivity contribution in [2.75, 3.05) is 0 Å². The molecule has 0 amide bonds. The molecule has 4 aliphatic rings. The lowest BCUT2D eigenvalue weighted by atomic mass is 9.99. The Hall–Kier alpha value is -0.840. The summed E-state index contributed by atoms with van der Waals surface area (Å²) >= 11 is 0. The van der Waals surface area contributed by atoms with E-state index >= 15 is 0 Å². The van der Waals surface area contributed by atoms with E-state index in [-0.39, 0.29) is 29.9 Å². The number of fused-ring (bicyclic) bond motifs is 7. The Morgan fingerprint density at radius 1 is 0.880 bits per heavy atom. The quantitative estimate of drug-likeness (QED) is 0.530. The molecular formula is C21H26O2P2. The van der Waals surface area contributed by atoms with E-state index in [0.29, 0.717) is 0 Å². The maximum atomic E-state index is 6.64. The van der Waals surface area contributed by atoms with Crippen molar-refractivity contribution in [3.63, 3.8) is 0 Å². The minimum Gasteiger partial charge on any atom is -0.481 e. The molecule has 0 spiro atoms. The van der Waals surface area contributed by atoms with E-state index in [4.69, 9.17) is 9.47 Å². The van der Waals surface area contributed by atoms with Crippen LogP contribution in [0.25, 0.3) is 0 Å². The lowest BCUT2D eigenvalue weighted by Crippen LogP contribution is -2.32. The maximum Gasteiger partial charge on any atom is 0.162 e. The third-order valence-electron chi connectivity index (χ3n) is 5.89. The van der Waals surface area contributed by atoms with Gasteiger partial charge in [-0.25, -0.2) is 0 Å². The van der Waals surface area contributed by atoms with Crippen LogP contribution in [0.1, 0.15) is 47.0 Å². The first kappa shape index (κ1) is 16.3. The molecule has 3 aliphatic heterocycles. The van der Waals surface area contributed by atoms with Crippen LogP contribution in [-0.4, -0.2) is 22.0 Å². The molecule has 4 atom stereocenters. The lowest BCUT2D eigenvalue weighted by Gasteiger charge is -2.38. The molecule has 3 heterocycles. The third kappa shape index (κ3) is 2.30. The van der Waals surface area contributed by atoms with Crippen molar-refractivity contribution in [1.29, 1.82) is 0 Å². The number of hydrogen-bond donors (Lipinski definition) is 0. The highest BCUT2D eigenvalue weighted by molar-refractivity contribution is 7.71. The van der Waals surface area contributed by atoms with Crippen molar-refractivity contribution in [2.24, 2.45) is 0 Å². The lowest BCUT2D eigenvalue weighted by molar-refractivity contribution is 0.124. The molecule has 0 radical (unpaired) electrons. The second kappa shape index (κ2) is 5.34. The van der Waals surface area contributed by atoms with Gasteiger partial charge in [-0.1, -0.05) is 52.0 Å². The highest BCUT2D eigenvalue weighted by Crippen LogP contribution is 2.78. The van der Waals surface area contributed by atoms with Crippen LogP contribution < -0.4 is 10.0 Å². The van der Waals surface area contributed by atoms with Crippen molar-refractivity contribution in [3.8, 4) is 5.75 Å². The topological polar surface area (TPSA) is 18.5 Å². The summed E-state index contributed by atoms with van der Waals surface area (Å²) in [5, 5.41) is 3.49. The van der Waals surface area contributed by atoms with E-state index in [0.717, 1.165) is 18.6 Å². The Balaban J connectivity index is 1.68. The molecule has 0 bridgehead atoms. The minimum atomic E-state index is -0.409. The van der Waals surface area contributed by atoms with Crippen LogP contribution in [0.4, 0.5) is 0 Å². The fourth-order valence-electron chi connectivity index (χ4n) is 5.30. The molecule has 1 aliphatic carbocycles. The predicted octanol–water partition coefficient (Wildman–Crippen LogP) is 5.87. The summed E-state index contributed by atoms with van der Waals surface area (Å²) in [6, 6.07) is 8.71. The molecule has 4 heteroatoms. The molecule has 0 saturated carbocycles. The Bertz CT molecular complexity index is 793. The average Bonchev–Trinajstić information content (AvgIpc) is 3.11. The van der Waals surface area contributed by atoms with Crippen LogP contribution in [0, 0.1) is 0 Å². The van der Waals surface area contributed by atoms with Crippen molar-refractivity contribution < 1.29 is 9.47 Å². The van der Waals surface area contributed by atoms with Gasteiger partial charge < -0.3 is 9.47 Å². The van der Waals surface area contributed by atoms with Gasteiger partial charge >= 0.3 is 0 Å². The average molecular weight is 372 g/mol. The van der Waals surface area contributed by atoms with Gasteiger partial charge in [0, 0.05) is 10.6 Å². The Kier molecular flexibility index (Phi) is 3.49. The highest BCUT2D eigenvalue weighted by Gasteiger charge is 2.60. The van der Waals surface area contributed by atoms with Gasteiger partial charge in [0.1, 0.15) is 11.5 Å². The molecular weight excluding hydrogens is 346 g/mol. The summed E-state index contributed by atoms with van der Waals surface area (Å²) in [4.78, 5) is 0. The number of rotatable bonds is 0. The normalized spacial score (nSPS) is 36.5. The Morgan fingerprint density at radius 2 is 1.56 bits per heavy atom. The standard InChI is InChI=1S/C21H26O2P2/c1-20(2)13-21(3,4)25-17-12-8-6-10-15(17)23-19(25)18-22-14-9-5-7-11-16(14)24(18)20/h5,7,9-12,18-19H,6,8,13H2,1-4H3/t18-,19?,24+,25+/m0/s1. The van der Waals surface area contributed by atoms with Gasteiger partial charge in [-0.2, -0.15) is 0 Å². The molecule has 0 N–H and O–H groups in total. The summed E-state index contributed by atoms with van der Waals surface area (Å²) in [6.45, 7) is 9.86. The van der Waals surface area contributed by atoms with Crippen LogP contribution in [0.2, 0.25) is 0 Å². The molecule has 1 unspecified atom stereocenters. The predicted molar refractivity (Wildman–Crippen MR) is 107 cm³/mol. The van der Waals surface area contributed by atoms with Crippen molar-refractivity contribution in [3.05, 3.63) is 47.5 Å². The molecule has 25 heavy (non-hydrogen) atoms. The van der Waals surface area contributed by atoms with E-state index in [9.17, 15) is 0 Å². The largest absolute Gasteiger partial charge is 0.481 e. The summed E-state index contributed by atoms with van der Waals surface area (Å²) < 4.78 is 13.2. The van der Waals surface area contributed by atoms with Gasteiger partial charge in [-0.05, 0) is 57.6 Å². The Labute approximate surface area is 153 Å². The Morgan fingerprint density at radius 3 is 2.40 bits per heavy atom. The van der Waals surface area contributed by atoms with Crippen molar-refractivity contribution in [2.45, 2.75) is 69.0 Å². The molecule has 2 saturated heterocycles. The first-order valence-corrected chi connectivity index (χ1v) is 12.1. The zero-order chi connectivity index (χ0) is 17.4. The van der Waals surface area contributed by atoms with Crippen molar-refractivity contribution >= 4 is 21.1 Å². The zero-order valence-electron chi connectivity index (χ0n) is 15.5. The second-order valence-electron chi connectivity index (χ2n) is 8.76. The molecule has 5 rings (SSSR count). The first-order chi connectivity index (χ1) is 11.9. The molecule has 132 valence electrons.